The molecule has 3 nitrogen and oxygen atoms in total. The van der Waals surface area contributed by atoms with Crippen molar-refractivity contribution in [3.8, 4) is 0 Å². The van der Waals surface area contributed by atoms with Gasteiger partial charge in [-0.05, 0) is 53.9 Å². The Labute approximate surface area is 214 Å². The molecule has 0 aliphatic rings. The first-order chi connectivity index (χ1) is 13.8. The maximum Gasteiger partial charge on any atom is 0.112 e. The Morgan fingerprint density at radius 1 is 0.968 bits per heavy atom. The number of nitrogens with one attached hydrogen (secondary N) is 1. The molecule has 1 unspecified atom stereocenters. The van der Waals surface area contributed by atoms with Crippen LogP contribution in [0.2, 0.25) is 5.02 Å². The van der Waals surface area contributed by atoms with E-state index in [9.17, 15) is 0 Å². The van der Waals surface area contributed by atoms with E-state index in [-0.39, 0.29) is 24.8 Å². The van der Waals surface area contributed by atoms with Crippen LogP contribution in [-0.2, 0) is 10.1 Å². The maximum absolute atomic E-state index is 6.96. The number of halogens is 4. The van der Waals surface area contributed by atoms with Crippen molar-refractivity contribution in [1.82, 2.24) is 10.3 Å². The summed E-state index contributed by atoms with van der Waals surface area (Å²) in [5.41, 5.74) is 9.72. The van der Waals surface area contributed by atoms with Crippen LogP contribution in [0.25, 0.3) is 21.7 Å². The molecule has 4 rings (SSSR count). The van der Waals surface area contributed by atoms with Crippen LogP contribution in [0.15, 0.2) is 72.9 Å². The van der Waals surface area contributed by atoms with Gasteiger partial charge in [0, 0.05) is 28.7 Å². The zero-order valence-electron chi connectivity index (χ0n) is 17.2. The van der Waals surface area contributed by atoms with E-state index in [0.717, 1.165) is 23.0 Å². The van der Waals surface area contributed by atoms with Crippen molar-refractivity contribution < 1.29 is 0 Å². The van der Waals surface area contributed by atoms with E-state index in [4.69, 9.17) is 17.3 Å². The minimum Gasteiger partial charge on any atom is -0.312 e. The van der Waals surface area contributed by atoms with Crippen LogP contribution in [0.5, 0.6) is 0 Å². The second-order valence-electron chi connectivity index (χ2n) is 7.85. The third-order valence-electron chi connectivity index (χ3n) is 5.61. The average Bonchev–Trinajstić information content (AvgIpc) is 2.71. The zero-order valence-corrected chi connectivity index (χ0v) is 21.8. The van der Waals surface area contributed by atoms with Gasteiger partial charge in [-0.3, -0.25) is 4.98 Å². The lowest BCUT2D eigenvalue weighted by Gasteiger charge is -2.41. The summed E-state index contributed by atoms with van der Waals surface area (Å²) >= 11 is 8.51. The number of pyridine rings is 1. The molecule has 1 aromatic heterocycles. The predicted molar refractivity (Wildman–Crippen MR) is 146 cm³/mol. The summed E-state index contributed by atoms with van der Waals surface area (Å²) in [6.45, 7) is 5.02. The summed E-state index contributed by atoms with van der Waals surface area (Å²) in [7, 11) is 0. The molecule has 31 heavy (non-hydrogen) atoms. The molecule has 0 spiro atoms. The molecular formula is C24H25Cl3IN3. The van der Waals surface area contributed by atoms with E-state index in [2.05, 4.69) is 89.2 Å². The topological polar surface area (TPSA) is 50.9 Å². The normalized spacial score (nSPS) is 13.3. The summed E-state index contributed by atoms with van der Waals surface area (Å²) in [5.74, 6) is 0. The molecule has 0 amide bonds. The van der Waals surface area contributed by atoms with Crippen molar-refractivity contribution >= 4 is 80.7 Å². The van der Waals surface area contributed by atoms with E-state index >= 15 is 0 Å². The van der Waals surface area contributed by atoms with Gasteiger partial charge >= 0.3 is 0 Å². The van der Waals surface area contributed by atoms with Crippen molar-refractivity contribution in [2.24, 2.45) is 5.73 Å². The molecule has 164 valence electrons. The highest BCUT2D eigenvalue weighted by Gasteiger charge is 2.41. The molecule has 0 radical (unpaired) electrons. The van der Waals surface area contributed by atoms with Crippen molar-refractivity contribution in [1.29, 1.82) is 0 Å². The summed E-state index contributed by atoms with van der Waals surface area (Å²) in [4.78, 5) is 4.46. The quantitative estimate of drug-likeness (QED) is 0.150. The van der Waals surface area contributed by atoms with Crippen LogP contribution in [-0.4, -0.2) is 10.5 Å². The number of nitrogens with zero attached hydrogens (tertiary/aromatic N) is 1. The molecule has 1 heterocycles. The van der Waals surface area contributed by atoms with Crippen molar-refractivity contribution in [3.05, 3.63) is 89.1 Å². The Morgan fingerprint density at radius 3 is 2.45 bits per heavy atom. The average molecular weight is 589 g/mol. The third kappa shape index (κ3) is 5.10. The minimum atomic E-state index is -0.662. The fourth-order valence-corrected chi connectivity index (χ4v) is 4.49. The molecule has 3 N–H and O–H groups in total. The lowest BCUT2D eigenvalue weighted by Crippen LogP contribution is -2.58. The van der Waals surface area contributed by atoms with Gasteiger partial charge in [-0.15, -0.1) is 24.8 Å². The van der Waals surface area contributed by atoms with Crippen LogP contribution in [0.1, 0.15) is 25.0 Å². The molecular weight excluding hydrogens is 564 g/mol. The van der Waals surface area contributed by atoms with Gasteiger partial charge in [-0.25, -0.2) is 0 Å². The molecule has 0 bridgehead atoms. The largest absolute Gasteiger partial charge is 0.312 e. The smallest absolute Gasteiger partial charge is 0.112 e. The van der Waals surface area contributed by atoms with Crippen molar-refractivity contribution in [2.75, 3.05) is 0 Å². The van der Waals surface area contributed by atoms with Gasteiger partial charge in [0.25, 0.3) is 0 Å². The molecule has 3 aromatic carbocycles. The fraction of sp³-hybridized carbons (Fsp3) is 0.208. The number of aromatic nitrogens is 1. The maximum atomic E-state index is 6.96. The van der Waals surface area contributed by atoms with E-state index in [0.29, 0.717) is 5.02 Å². The third-order valence-corrected chi connectivity index (χ3v) is 7.77. The van der Waals surface area contributed by atoms with Crippen molar-refractivity contribution in [2.45, 2.75) is 29.5 Å². The number of nitrogens with two attached hydrogens (primary N) is 1. The van der Waals surface area contributed by atoms with Crippen molar-refractivity contribution in [3.63, 3.8) is 0 Å². The summed E-state index contributed by atoms with van der Waals surface area (Å²) in [6, 6.07) is 22.6. The predicted octanol–water partition coefficient (Wildman–Crippen LogP) is 7.00. The lowest BCUT2D eigenvalue weighted by atomic mass is 9.87. The van der Waals surface area contributed by atoms with E-state index in [1.165, 1.54) is 16.3 Å². The number of alkyl halides is 1. The second-order valence-corrected chi connectivity index (χ2v) is 9.99. The van der Waals surface area contributed by atoms with Gasteiger partial charge in [-0.2, -0.15) is 0 Å². The first-order valence-electron chi connectivity index (χ1n) is 9.54. The molecule has 7 heteroatoms. The Balaban J connectivity index is 0.00000171. The zero-order chi connectivity index (χ0) is 20.6. The van der Waals surface area contributed by atoms with Gasteiger partial charge in [0.05, 0.1) is 5.52 Å². The first-order valence-corrected chi connectivity index (χ1v) is 11.0. The lowest BCUT2D eigenvalue weighted by molar-refractivity contribution is 0.308. The minimum absolute atomic E-state index is 0. The molecule has 0 saturated heterocycles. The van der Waals surface area contributed by atoms with Gasteiger partial charge < -0.3 is 11.1 Å². The highest BCUT2D eigenvalue weighted by molar-refractivity contribution is 14.1. The van der Waals surface area contributed by atoms with Crippen LogP contribution >= 0.6 is 59.0 Å². The Bertz CT molecular complexity index is 1190. The standard InChI is InChI=1S/C24H23ClIN3.2ClH/c1-23(2,29-15-17-8-5-7-16-6-3-4-9-19(16)17)24(26,27)21-12-13-28-22-14-18(25)10-11-20(21)22;;/h3-14,29H,15,27H2,1-2H3;2*1H. The Kier molecular flexibility index (Phi) is 8.59. The number of fused-ring (bicyclic) bond motifs is 2. The second kappa shape index (κ2) is 10.2. The van der Waals surface area contributed by atoms with Gasteiger partial charge in [-0.1, -0.05) is 82.7 Å². The highest BCUT2D eigenvalue weighted by Crippen LogP contribution is 2.40. The van der Waals surface area contributed by atoms with Crippen LogP contribution < -0.4 is 11.1 Å². The number of hydrogen-bond donors (Lipinski definition) is 2. The monoisotopic (exact) mass is 587 g/mol. The van der Waals surface area contributed by atoms with Crippen LogP contribution in [0.3, 0.4) is 0 Å². The molecule has 0 fully saturated rings. The molecule has 0 saturated carbocycles. The Morgan fingerprint density at radius 2 is 1.68 bits per heavy atom. The molecule has 1 atom stereocenters. The molecule has 0 aliphatic heterocycles. The van der Waals surface area contributed by atoms with Gasteiger partial charge in [0.1, 0.15) is 3.55 Å². The highest BCUT2D eigenvalue weighted by atomic mass is 127. The number of hydrogen-bond acceptors (Lipinski definition) is 3. The summed E-state index contributed by atoms with van der Waals surface area (Å²) in [5, 5.41) is 7.91. The summed E-state index contributed by atoms with van der Waals surface area (Å²) in [6.07, 6.45) is 1.80. The Hall–Kier alpha value is -1.15. The SMILES string of the molecule is CC(C)(NCc1cccc2ccccc12)C(N)(I)c1ccnc2cc(Cl)ccc12.Cl.Cl. The van der Waals surface area contributed by atoms with E-state index in [1.54, 1.807) is 6.20 Å². The van der Waals surface area contributed by atoms with E-state index < -0.39 is 9.08 Å². The van der Waals surface area contributed by atoms with Crippen LogP contribution in [0, 0.1) is 0 Å². The number of rotatable bonds is 5. The fourth-order valence-electron chi connectivity index (χ4n) is 3.67. The van der Waals surface area contributed by atoms with Crippen LogP contribution in [0.4, 0.5) is 0 Å². The van der Waals surface area contributed by atoms with E-state index in [1.807, 2.05) is 24.3 Å². The van der Waals surface area contributed by atoms with Gasteiger partial charge in [0.15, 0.2) is 0 Å². The summed E-state index contributed by atoms with van der Waals surface area (Å²) < 4.78 is -0.662. The first kappa shape index (κ1) is 26.1. The molecule has 0 aliphatic carbocycles. The van der Waals surface area contributed by atoms with Gasteiger partial charge in [0.2, 0.25) is 0 Å². The number of benzene rings is 3. The molecule has 4 aromatic rings.